The number of benzene rings is 1. The lowest BCUT2D eigenvalue weighted by molar-refractivity contribution is -0.122. The Morgan fingerprint density at radius 1 is 1.17 bits per heavy atom. The Kier molecular flexibility index (Phi) is 6.45. The summed E-state index contributed by atoms with van der Waals surface area (Å²) in [6.45, 7) is 3.87. The zero-order valence-corrected chi connectivity index (χ0v) is 19.8. The Labute approximate surface area is 205 Å². The standard InChI is InChI=1S/C25H25F2N7O2/c1-14(2)22(25(35)29-16-7-8-16)30-23-18(27)12-28-24(31-23)20-11-21(19-9-10-36-33-19)34(32-20)13-15-5-3-4-6-17(15)26/h3-6,9-12,14,16,22H,7-8,13H2,1-2H3,(H,29,35)(H,28,30,31). The lowest BCUT2D eigenvalue weighted by atomic mass is 10.0. The Bertz CT molecular complexity index is 1370. The van der Waals surface area contributed by atoms with Gasteiger partial charge in [0.05, 0.1) is 18.4 Å². The smallest absolute Gasteiger partial charge is 0.243 e. The summed E-state index contributed by atoms with van der Waals surface area (Å²) in [5, 5.41) is 14.4. The summed E-state index contributed by atoms with van der Waals surface area (Å²) in [5.41, 5.74) is 1.80. The first kappa shape index (κ1) is 23.6. The number of nitrogens with one attached hydrogen (secondary N) is 2. The van der Waals surface area contributed by atoms with E-state index in [2.05, 4.69) is 30.9 Å². The Morgan fingerprint density at radius 2 is 1.97 bits per heavy atom. The van der Waals surface area contributed by atoms with E-state index < -0.39 is 11.9 Å². The minimum atomic E-state index is -0.689. The zero-order valence-electron chi connectivity index (χ0n) is 19.8. The van der Waals surface area contributed by atoms with E-state index in [1.165, 1.54) is 12.3 Å². The van der Waals surface area contributed by atoms with Crippen LogP contribution in [-0.4, -0.2) is 42.9 Å². The molecule has 0 spiro atoms. The number of carbonyl (C=O) groups is 1. The molecule has 11 heteroatoms. The molecule has 1 aliphatic rings. The molecule has 3 aromatic heterocycles. The average molecular weight is 494 g/mol. The lowest BCUT2D eigenvalue weighted by Crippen LogP contribution is -2.44. The monoisotopic (exact) mass is 493 g/mol. The van der Waals surface area contributed by atoms with Crippen molar-refractivity contribution < 1.29 is 18.1 Å². The van der Waals surface area contributed by atoms with Crippen molar-refractivity contribution in [2.24, 2.45) is 5.92 Å². The van der Waals surface area contributed by atoms with E-state index in [0.29, 0.717) is 22.6 Å². The molecule has 3 heterocycles. The van der Waals surface area contributed by atoms with Gasteiger partial charge in [-0.2, -0.15) is 5.10 Å². The zero-order chi connectivity index (χ0) is 25.2. The molecule has 186 valence electrons. The molecule has 4 aromatic rings. The summed E-state index contributed by atoms with van der Waals surface area (Å²) >= 11 is 0. The van der Waals surface area contributed by atoms with Crippen LogP contribution in [0.4, 0.5) is 14.6 Å². The van der Waals surface area contributed by atoms with E-state index in [9.17, 15) is 13.6 Å². The van der Waals surface area contributed by atoms with Gasteiger partial charge < -0.3 is 15.2 Å². The van der Waals surface area contributed by atoms with Crippen molar-refractivity contribution in [2.75, 3.05) is 5.32 Å². The van der Waals surface area contributed by atoms with Crippen LogP contribution in [-0.2, 0) is 11.3 Å². The van der Waals surface area contributed by atoms with Crippen LogP contribution in [0.25, 0.3) is 22.9 Å². The van der Waals surface area contributed by atoms with E-state index in [0.717, 1.165) is 19.0 Å². The van der Waals surface area contributed by atoms with Crippen LogP contribution in [0, 0.1) is 17.6 Å². The molecule has 1 aliphatic carbocycles. The fourth-order valence-electron chi connectivity index (χ4n) is 3.78. The summed E-state index contributed by atoms with van der Waals surface area (Å²) in [7, 11) is 0. The number of aromatic nitrogens is 5. The largest absolute Gasteiger partial charge is 0.364 e. The van der Waals surface area contributed by atoms with Crippen LogP contribution in [0.3, 0.4) is 0 Å². The third kappa shape index (κ3) is 5.09. The topological polar surface area (TPSA) is 111 Å². The van der Waals surface area contributed by atoms with Crippen molar-refractivity contribution >= 4 is 11.7 Å². The quantitative estimate of drug-likeness (QED) is 0.362. The number of halogens is 2. The van der Waals surface area contributed by atoms with Gasteiger partial charge in [-0.3, -0.25) is 9.48 Å². The summed E-state index contributed by atoms with van der Waals surface area (Å²) in [5.74, 6) is -1.33. The molecular weight excluding hydrogens is 468 g/mol. The average Bonchev–Trinajstić information content (AvgIpc) is 3.32. The second-order valence-corrected chi connectivity index (χ2v) is 9.09. The number of amides is 1. The highest BCUT2D eigenvalue weighted by Crippen LogP contribution is 2.26. The van der Waals surface area contributed by atoms with Crippen molar-refractivity contribution in [3.05, 3.63) is 66.1 Å². The number of hydrogen-bond acceptors (Lipinski definition) is 7. The minimum absolute atomic E-state index is 0.101. The highest BCUT2D eigenvalue weighted by molar-refractivity contribution is 5.85. The summed E-state index contributed by atoms with van der Waals surface area (Å²) in [6, 6.07) is 9.23. The molecule has 0 bridgehead atoms. The predicted molar refractivity (Wildman–Crippen MR) is 128 cm³/mol. The van der Waals surface area contributed by atoms with Gasteiger partial charge in [-0.05, 0) is 30.9 Å². The number of nitrogens with zero attached hydrogens (tertiary/aromatic N) is 5. The van der Waals surface area contributed by atoms with Gasteiger partial charge in [0, 0.05) is 17.7 Å². The summed E-state index contributed by atoms with van der Waals surface area (Å²) in [4.78, 5) is 21.1. The Balaban J connectivity index is 1.47. The van der Waals surface area contributed by atoms with Crippen molar-refractivity contribution in [3.63, 3.8) is 0 Å². The van der Waals surface area contributed by atoms with Crippen molar-refractivity contribution in [1.82, 2.24) is 30.2 Å². The fourth-order valence-corrected chi connectivity index (χ4v) is 3.78. The van der Waals surface area contributed by atoms with Gasteiger partial charge in [0.25, 0.3) is 0 Å². The minimum Gasteiger partial charge on any atom is -0.364 e. The van der Waals surface area contributed by atoms with Crippen LogP contribution in [0.15, 0.2) is 53.4 Å². The van der Waals surface area contributed by atoms with Crippen LogP contribution in [0.2, 0.25) is 0 Å². The van der Waals surface area contributed by atoms with Gasteiger partial charge in [-0.1, -0.05) is 37.2 Å². The molecule has 0 radical (unpaired) electrons. The Morgan fingerprint density at radius 3 is 2.67 bits per heavy atom. The highest BCUT2D eigenvalue weighted by Gasteiger charge is 2.30. The van der Waals surface area contributed by atoms with Crippen LogP contribution in [0.5, 0.6) is 0 Å². The van der Waals surface area contributed by atoms with Gasteiger partial charge in [-0.25, -0.2) is 18.7 Å². The number of carbonyl (C=O) groups excluding carboxylic acids is 1. The molecular formula is C25H25F2N7O2. The maximum Gasteiger partial charge on any atom is 0.243 e. The van der Waals surface area contributed by atoms with Gasteiger partial charge >= 0.3 is 0 Å². The fraction of sp³-hybridized carbons (Fsp3) is 0.320. The molecule has 36 heavy (non-hydrogen) atoms. The van der Waals surface area contributed by atoms with E-state index in [1.807, 2.05) is 13.8 Å². The van der Waals surface area contributed by atoms with Gasteiger partial charge in [0.2, 0.25) is 5.91 Å². The number of hydrogen-bond donors (Lipinski definition) is 2. The van der Waals surface area contributed by atoms with Crippen LogP contribution >= 0.6 is 0 Å². The van der Waals surface area contributed by atoms with Crippen LogP contribution < -0.4 is 10.6 Å². The molecule has 1 saturated carbocycles. The third-order valence-corrected chi connectivity index (χ3v) is 5.90. The van der Waals surface area contributed by atoms with Gasteiger partial charge in [0.15, 0.2) is 17.5 Å². The van der Waals surface area contributed by atoms with E-state index in [-0.39, 0.29) is 41.9 Å². The first-order valence-corrected chi connectivity index (χ1v) is 11.7. The third-order valence-electron chi connectivity index (χ3n) is 5.90. The van der Waals surface area contributed by atoms with E-state index in [4.69, 9.17) is 4.52 Å². The molecule has 1 unspecified atom stereocenters. The highest BCUT2D eigenvalue weighted by atomic mass is 19.1. The molecule has 0 saturated heterocycles. The molecule has 1 fully saturated rings. The molecule has 1 amide bonds. The summed E-state index contributed by atoms with van der Waals surface area (Å²) < 4.78 is 35.5. The SMILES string of the molecule is CC(C)C(Nc1nc(-c2cc(-c3ccon3)n(Cc3ccccc3F)n2)ncc1F)C(=O)NC1CC1. The predicted octanol–water partition coefficient (Wildman–Crippen LogP) is 4.04. The van der Waals surface area contributed by atoms with Crippen molar-refractivity contribution in [2.45, 2.75) is 45.3 Å². The molecule has 5 rings (SSSR count). The second-order valence-electron chi connectivity index (χ2n) is 9.09. The second kappa shape index (κ2) is 9.84. The van der Waals surface area contributed by atoms with Gasteiger partial charge in [-0.15, -0.1) is 0 Å². The Hall–Kier alpha value is -4.15. The first-order chi connectivity index (χ1) is 17.4. The number of anilines is 1. The normalized spacial score (nSPS) is 14.1. The molecule has 1 atom stereocenters. The lowest BCUT2D eigenvalue weighted by Gasteiger charge is -2.22. The number of rotatable bonds is 9. The van der Waals surface area contributed by atoms with E-state index in [1.54, 1.807) is 35.0 Å². The van der Waals surface area contributed by atoms with Crippen molar-refractivity contribution in [1.29, 1.82) is 0 Å². The first-order valence-electron chi connectivity index (χ1n) is 11.7. The molecule has 0 aliphatic heterocycles. The van der Waals surface area contributed by atoms with E-state index >= 15 is 0 Å². The summed E-state index contributed by atoms with van der Waals surface area (Å²) in [6.07, 6.45) is 4.36. The molecule has 1 aromatic carbocycles. The van der Waals surface area contributed by atoms with Crippen LogP contribution in [0.1, 0.15) is 32.3 Å². The maximum absolute atomic E-state index is 14.7. The molecule has 2 N–H and O–H groups in total. The molecule has 9 nitrogen and oxygen atoms in total. The van der Waals surface area contributed by atoms with Gasteiger partial charge in [0.1, 0.15) is 29.5 Å². The maximum atomic E-state index is 14.7. The van der Waals surface area contributed by atoms with Crippen molar-refractivity contribution in [3.8, 4) is 22.9 Å².